The third-order valence-electron chi connectivity index (χ3n) is 3.34. The zero-order valence-electron chi connectivity index (χ0n) is 11.2. The number of halogens is 1. The zero-order valence-corrected chi connectivity index (χ0v) is 12.8. The molecule has 1 N–H and O–H groups in total. The van der Waals surface area contributed by atoms with Crippen LogP contribution in [0.2, 0.25) is 5.02 Å². The summed E-state index contributed by atoms with van der Waals surface area (Å²) in [7, 11) is 0. The summed E-state index contributed by atoms with van der Waals surface area (Å²) in [6.45, 7) is 3.49. The van der Waals surface area contributed by atoms with Crippen molar-refractivity contribution in [3.63, 3.8) is 0 Å². The molecule has 19 heavy (non-hydrogen) atoms. The Labute approximate surface area is 122 Å². The molecule has 0 aliphatic carbocycles. The lowest BCUT2D eigenvalue weighted by Crippen LogP contribution is -2.25. The van der Waals surface area contributed by atoms with Crippen molar-refractivity contribution in [3.05, 3.63) is 21.6 Å². The van der Waals surface area contributed by atoms with E-state index in [1.165, 1.54) is 29.0 Å². The molecule has 0 bridgehead atoms. The molecule has 1 saturated heterocycles. The molecule has 0 saturated carbocycles. The molecule has 4 nitrogen and oxygen atoms in total. The van der Waals surface area contributed by atoms with Crippen molar-refractivity contribution in [2.75, 3.05) is 23.4 Å². The first-order valence-electron chi connectivity index (χ1n) is 6.79. The van der Waals surface area contributed by atoms with E-state index in [1.54, 1.807) is 6.20 Å². The number of aryl methyl sites for hydroxylation is 1. The van der Waals surface area contributed by atoms with Gasteiger partial charge in [0, 0.05) is 13.1 Å². The number of thioether (sulfide) groups is 1. The lowest BCUT2D eigenvalue weighted by molar-refractivity contribution is 0.515. The molecule has 2 rings (SSSR count). The van der Waals surface area contributed by atoms with Crippen LogP contribution in [-0.4, -0.2) is 27.8 Å². The van der Waals surface area contributed by atoms with E-state index in [1.807, 2.05) is 18.7 Å². The Morgan fingerprint density at radius 1 is 1.53 bits per heavy atom. The van der Waals surface area contributed by atoms with Crippen LogP contribution >= 0.6 is 23.4 Å². The second-order valence-electron chi connectivity index (χ2n) is 4.84. The molecule has 0 amide bonds. The van der Waals surface area contributed by atoms with Crippen molar-refractivity contribution >= 4 is 29.1 Å². The normalized spacial score (nSPS) is 16.5. The van der Waals surface area contributed by atoms with Crippen molar-refractivity contribution in [1.29, 1.82) is 0 Å². The molecule has 0 unspecified atom stereocenters. The molecule has 1 aromatic rings. The number of hydrogen-bond acceptors (Lipinski definition) is 4. The van der Waals surface area contributed by atoms with Crippen molar-refractivity contribution < 1.29 is 0 Å². The molecular formula is C13H20ClN3OS. The van der Waals surface area contributed by atoms with Crippen molar-refractivity contribution in [2.45, 2.75) is 32.7 Å². The predicted molar refractivity (Wildman–Crippen MR) is 82.3 cm³/mol. The maximum atomic E-state index is 12.0. The topological polar surface area (TPSA) is 46.9 Å². The Morgan fingerprint density at radius 2 is 2.26 bits per heavy atom. The zero-order chi connectivity index (χ0) is 13.7. The second kappa shape index (κ2) is 7.20. The van der Waals surface area contributed by atoms with Gasteiger partial charge in [-0.3, -0.25) is 4.79 Å². The lowest BCUT2D eigenvalue weighted by atomic mass is 10.0. The Hall–Kier alpha value is -0.680. The van der Waals surface area contributed by atoms with Gasteiger partial charge in [-0.15, -0.1) is 0 Å². The minimum absolute atomic E-state index is 0.201. The number of nitrogens with zero attached hydrogens (tertiary/aromatic N) is 2. The van der Waals surface area contributed by atoms with E-state index >= 15 is 0 Å². The molecule has 0 radical (unpaired) electrons. The summed E-state index contributed by atoms with van der Waals surface area (Å²) < 4.78 is 1.42. The highest BCUT2D eigenvalue weighted by Crippen LogP contribution is 2.24. The van der Waals surface area contributed by atoms with Gasteiger partial charge in [0.1, 0.15) is 5.02 Å². The van der Waals surface area contributed by atoms with Gasteiger partial charge in [-0.2, -0.15) is 16.9 Å². The van der Waals surface area contributed by atoms with Crippen LogP contribution in [-0.2, 0) is 6.54 Å². The SMILES string of the molecule is CCCn1ncc(NCC2CCSCC2)c(Cl)c1=O. The van der Waals surface area contributed by atoms with Gasteiger partial charge in [0.2, 0.25) is 0 Å². The van der Waals surface area contributed by atoms with Gasteiger partial charge in [0.05, 0.1) is 11.9 Å². The average molecular weight is 302 g/mol. The summed E-state index contributed by atoms with van der Waals surface area (Å²) in [5.41, 5.74) is 0.463. The van der Waals surface area contributed by atoms with E-state index in [0.29, 0.717) is 18.2 Å². The van der Waals surface area contributed by atoms with Crippen LogP contribution in [0.1, 0.15) is 26.2 Å². The van der Waals surface area contributed by atoms with E-state index < -0.39 is 0 Å². The molecule has 0 aromatic carbocycles. The second-order valence-corrected chi connectivity index (χ2v) is 6.44. The minimum Gasteiger partial charge on any atom is -0.382 e. The van der Waals surface area contributed by atoms with Crippen molar-refractivity contribution in [2.24, 2.45) is 5.92 Å². The molecule has 106 valence electrons. The maximum Gasteiger partial charge on any atom is 0.287 e. The highest BCUT2D eigenvalue weighted by Gasteiger charge is 2.15. The van der Waals surface area contributed by atoms with Crippen molar-refractivity contribution in [1.82, 2.24) is 9.78 Å². The van der Waals surface area contributed by atoms with Gasteiger partial charge in [0.25, 0.3) is 5.56 Å². The fraction of sp³-hybridized carbons (Fsp3) is 0.692. The highest BCUT2D eigenvalue weighted by molar-refractivity contribution is 7.99. The van der Waals surface area contributed by atoms with E-state index in [-0.39, 0.29) is 10.6 Å². The predicted octanol–water partition coefficient (Wildman–Crippen LogP) is 2.86. The van der Waals surface area contributed by atoms with Crippen LogP contribution in [0.5, 0.6) is 0 Å². The van der Waals surface area contributed by atoms with Gasteiger partial charge in [-0.05, 0) is 36.7 Å². The molecule has 0 spiro atoms. The Kier molecular flexibility index (Phi) is 5.58. The summed E-state index contributed by atoms with van der Waals surface area (Å²) in [5.74, 6) is 3.14. The average Bonchev–Trinajstić information content (AvgIpc) is 2.44. The Morgan fingerprint density at radius 3 is 2.95 bits per heavy atom. The molecule has 6 heteroatoms. The smallest absolute Gasteiger partial charge is 0.287 e. The Bertz CT molecular complexity index is 471. The monoisotopic (exact) mass is 301 g/mol. The van der Waals surface area contributed by atoms with E-state index in [4.69, 9.17) is 11.6 Å². The lowest BCUT2D eigenvalue weighted by Gasteiger charge is -2.22. The standard InChI is InChI=1S/C13H20ClN3OS/c1-2-5-17-13(18)12(14)11(9-16-17)15-8-10-3-6-19-7-4-10/h9-10,15H,2-8H2,1H3. The molecule has 1 aliphatic rings. The summed E-state index contributed by atoms with van der Waals surface area (Å²) in [6.07, 6.45) is 5.00. The molecular weight excluding hydrogens is 282 g/mol. The van der Waals surface area contributed by atoms with Gasteiger partial charge in [-0.25, -0.2) is 4.68 Å². The number of rotatable bonds is 5. The number of aromatic nitrogens is 2. The van der Waals surface area contributed by atoms with Crippen LogP contribution in [0.4, 0.5) is 5.69 Å². The van der Waals surface area contributed by atoms with Crippen LogP contribution in [0.15, 0.2) is 11.0 Å². The van der Waals surface area contributed by atoms with Crippen LogP contribution in [0.25, 0.3) is 0 Å². The van der Waals surface area contributed by atoms with Gasteiger partial charge in [0.15, 0.2) is 0 Å². The minimum atomic E-state index is -0.201. The maximum absolute atomic E-state index is 12.0. The first-order chi connectivity index (χ1) is 9.22. The first-order valence-corrected chi connectivity index (χ1v) is 8.33. The van der Waals surface area contributed by atoms with E-state index in [2.05, 4.69) is 10.4 Å². The first kappa shape index (κ1) is 14.7. The van der Waals surface area contributed by atoms with Crippen molar-refractivity contribution in [3.8, 4) is 0 Å². The van der Waals surface area contributed by atoms with Crippen LogP contribution in [0.3, 0.4) is 0 Å². The van der Waals surface area contributed by atoms with E-state index in [9.17, 15) is 4.79 Å². The third kappa shape index (κ3) is 3.89. The van der Waals surface area contributed by atoms with Crippen LogP contribution < -0.4 is 10.9 Å². The fourth-order valence-corrected chi connectivity index (χ4v) is 3.58. The quantitative estimate of drug-likeness (QED) is 0.908. The van der Waals surface area contributed by atoms with Crippen LogP contribution in [0, 0.1) is 5.92 Å². The van der Waals surface area contributed by atoms with E-state index in [0.717, 1.165) is 13.0 Å². The number of hydrogen-bond donors (Lipinski definition) is 1. The third-order valence-corrected chi connectivity index (χ3v) is 4.76. The Balaban J connectivity index is 2.00. The summed E-state index contributed by atoms with van der Waals surface area (Å²) in [6, 6.07) is 0. The molecule has 1 fully saturated rings. The molecule has 1 aromatic heterocycles. The van der Waals surface area contributed by atoms with Gasteiger partial charge in [-0.1, -0.05) is 18.5 Å². The molecule has 0 atom stereocenters. The fourth-order valence-electron chi connectivity index (χ4n) is 2.16. The highest BCUT2D eigenvalue weighted by atomic mass is 35.5. The van der Waals surface area contributed by atoms with Gasteiger partial charge >= 0.3 is 0 Å². The number of nitrogens with one attached hydrogen (secondary N) is 1. The summed E-state index contributed by atoms with van der Waals surface area (Å²) in [5, 5.41) is 7.68. The molecule has 2 heterocycles. The summed E-state index contributed by atoms with van der Waals surface area (Å²) in [4.78, 5) is 12.0. The summed E-state index contributed by atoms with van der Waals surface area (Å²) >= 11 is 8.13. The van der Waals surface area contributed by atoms with Gasteiger partial charge < -0.3 is 5.32 Å². The number of anilines is 1. The molecule has 1 aliphatic heterocycles. The largest absolute Gasteiger partial charge is 0.382 e.